The third kappa shape index (κ3) is 2.96. The summed E-state index contributed by atoms with van der Waals surface area (Å²) in [6.45, 7) is 2.44. The van der Waals surface area contributed by atoms with Crippen molar-refractivity contribution < 1.29 is 4.74 Å². The summed E-state index contributed by atoms with van der Waals surface area (Å²) in [6.07, 6.45) is 4.64. The molecule has 0 saturated carbocycles. The van der Waals surface area contributed by atoms with Gasteiger partial charge >= 0.3 is 0 Å². The van der Waals surface area contributed by atoms with Gasteiger partial charge in [-0.2, -0.15) is 0 Å². The van der Waals surface area contributed by atoms with E-state index < -0.39 is 0 Å². The third-order valence-electron chi connectivity index (χ3n) is 3.22. The molecular weight excluding hydrogens is 304 g/mol. The smallest absolute Gasteiger partial charge is 0.127 e. The minimum atomic E-state index is 0.795. The molecule has 0 amide bonds. The van der Waals surface area contributed by atoms with Gasteiger partial charge in [0.25, 0.3) is 0 Å². The first kappa shape index (κ1) is 12.6. The molecule has 0 radical (unpaired) electrons. The van der Waals surface area contributed by atoms with Crippen LogP contribution in [0.5, 0.6) is 5.75 Å². The molecule has 2 aromatic rings. The van der Waals surface area contributed by atoms with Crippen molar-refractivity contribution in [3.63, 3.8) is 0 Å². The fraction of sp³-hybridized carbons (Fsp3) is 0.267. The van der Waals surface area contributed by atoms with Gasteiger partial charge < -0.3 is 10.1 Å². The second kappa shape index (κ2) is 5.72. The monoisotopic (exact) mass is 318 g/mol. The number of nitrogens with zero attached hydrogens (tertiary/aromatic N) is 1. The van der Waals surface area contributed by atoms with Crippen LogP contribution < -0.4 is 10.1 Å². The molecule has 0 aliphatic carbocycles. The lowest BCUT2D eigenvalue weighted by molar-refractivity contribution is 0.352. The first-order valence-corrected chi connectivity index (χ1v) is 7.16. The van der Waals surface area contributed by atoms with Crippen molar-refractivity contribution >= 4 is 15.9 Å². The molecule has 0 saturated heterocycles. The molecule has 0 fully saturated rings. The van der Waals surface area contributed by atoms with Crippen LogP contribution in [-0.2, 0) is 19.5 Å². The molecule has 3 nitrogen and oxygen atoms in total. The second-order valence-corrected chi connectivity index (χ2v) is 5.53. The Hall–Kier alpha value is -1.39. The van der Waals surface area contributed by atoms with Crippen molar-refractivity contribution in [2.75, 3.05) is 6.61 Å². The number of rotatable bonds is 4. The summed E-state index contributed by atoms with van der Waals surface area (Å²) in [7, 11) is 0. The second-order valence-electron chi connectivity index (χ2n) is 4.61. The van der Waals surface area contributed by atoms with Crippen molar-refractivity contribution in [3.05, 3.63) is 57.8 Å². The molecule has 1 N–H and O–H groups in total. The van der Waals surface area contributed by atoms with Crippen molar-refractivity contribution in [1.29, 1.82) is 0 Å². The fourth-order valence-corrected chi connectivity index (χ4v) is 2.87. The molecular formula is C15H15BrN2O. The largest absolute Gasteiger partial charge is 0.493 e. The molecule has 3 rings (SSSR count). The molecule has 1 aliphatic heterocycles. The van der Waals surface area contributed by atoms with Crippen LogP contribution in [0.15, 0.2) is 41.1 Å². The predicted octanol–water partition coefficient (Wildman–Crippen LogP) is 3.07. The molecule has 0 atom stereocenters. The molecule has 2 heterocycles. The van der Waals surface area contributed by atoms with Gasteiger partial charge in [0.05, 0.1) is 6.61 Å². The molecule has 4 heteroatoms. The summed E-state index contributed by atoms with van der Waals surface area (Å²) in [5, 5.41) is 3.45. The van der Waals surface area contributed by atoms with Gasteiger partial charge in [-0.1, -0.05) is 15.9 Å². The Morgan fingerprint density at radius 1 is 1.21 bits per heavy atom. The van der Waals surface area contributed by atoms with Crippen molar-refractivity contribution in [2.24, 2.45) is 0 Å². The summed E-state index contributed by atoms with van der Waals surface area (Å²) >= 11 is 3.56. The van der Waals surface area contributed by atoms with E-state index in [4.69, 9.17) is 4.74 Å². The molecule has 0 bridgehead atoms. The van der Waals surface area contributed by atoms with E-state index in [-0.39, 0.29) is 0 Å². The minimum Gasteiger partial charge on any atom is -0.493 e. The lowest BCUT2D eigenvalue weighted by atomic mass is 10.1. The summed E-state index contributed by atoms with van der Waals surface area (Å²) in [4.78, 5) is 4.02. The maximum atomic E-state index is 5.72. The van der Waals surface area contributed by atoms with E-state index in [1.807, 2.05) is 24.5 Å². The number of benzene rings is 1. The molecule has 1 aromatic heterocycles. The number of fused-ring (bicyclic) bond motifs is 1. The average Bonchev–Trinajstić information content (AvgIpc) is 2.88. The number of hydrogen-bond acceptors (Lipinski definition) is 3. The van der Waals surface area contributed by atoms with E-state index in [1.54, 1.807) is 0 Å². The standard InChI is InChI=1S/C15H15BrN2O/c16-14-7-12-3-6-19-15(12)13(8-14)10-18-9-11-1-4-17-5-2-11/h1-2,4-5,7-8,18H,3,6,9-10H2. The number of aromatic nitrogens is 1. The van der Waals surface area contributed by atoms with Gasteiger partial charge in [0.15, 0.2) is 0 Å². The van der Waals surface area contributed by atoms with Crippen LogP contribution in [0.4, 0.5) is 0 Å². The maximum absolute atomic E-state index is 5.72. The molecule has 1 aromatic carbocycles. The normalized spacial score (nSPS) is 13.1. The molecule has 19 heavy (non-hydrogen) atoms. The first-order chi connectivity index (χ1) is 9.33. The number of hydrogen-bond donors (Lipinski definition) is 1. The van der Waals surface area contributed by atoms with E-state index in [0.29, 0.717) is 0 Å². The van der Waals surface area contributed by atoms with Crippen LogP contribution in [0.25, 0.3) is 0 Å². The van der Waals surface area contributed by atoms with Gasteiger partial charge in [0.2, 0.25) is 0 Å². The molecule has 1 aliphatic rings. The average molecular weight is 319 g/mol. The molecule has 98 valence electrons. The quantitative estimate of drug-likeness (QED) is 0.940. The fourth-order valence-electron chi connectivity index (χ4n) is 2.32. The van der Waals surface area contributed by atoms with E-state index in [1.165, 1.54) is 16.7 Å². The van der Waals surface area contributed by atoms with Gasteiger partial charge in [-0.05, 0) is 35.4 Å². The van der Waals surface area contributed by atoms with Gasteiger partial charge in [-0.25, -0.2) is 0 Å². The van der Waals surface area contributed by atoms with Gasteiger partial charge in [0, 0.05) is 41.9 Å². The summed E-state index contributed by atoms with van der Waals surface area (Å²) in [6, 6.07) is 8.32. The zero-order valence-electron chi connectivity index (χ0n) is 10.5. The number of pyridine rings is 1. The highest BCUT2D eigenvalue weighted by atomic mass is 79.9. The lowest BCUT2D eigenvalue weighted by Gasteiger charge is -2.10. The van der Waals surface area contributed by atoms with E-state index >= 15 is 0 Å². The third-order valence-corrected chi connectivity index (χ3v) is 3.68. The van der Waals surface area contributed by atoms with E-state index in [2.05, 4.69) is 38.4 Å². The van der Waals surface area contributed by atoms with Crippen LogP contribution in [-0.4, -0.2) is 11.6 Å². The Kier molecular flexibility index (Phi) is 3.80. The summed E-state index contributed by atoms with van der Waals surface area (Å²) in [5.41, 5.74) is 3.76. The SMILES string of the molecule is Brc1cc2c(c(CNCc3ccncc3)c1)OCC2. The Morgan fingerprint density at radius 2 is 2.05 bits per heavy atom. The van der Waals surface area contributed by atoms with Crippen LogP contribution in [0, 0.1) is 0 Å². The lowest BCUT2D eigenvalue weighted by Crippen LogP contribution is -2.13. The zero-order valence-corrected chi connectivity index (χ0v) is 12.1. The Morgan fingerprint density at radius 3 is 2.89 bits per heavy atom. The highest BCUT2D eigenvalue weighted by Gasteiger charge is 2.16. The first-order valence-electron chi connectivity index (χ1n) is 6.36. The van der Waals surface area contributed by atoms with Crippen LogP contribution in [0.1, 0.15) is 16.7 Å². The summed E-state index contributed by atoms with van der Waals surface area (Å²) in [5.74, 6) is 1.06. The maximum Gasteiger partial charge on any atom is 0.127 e. The zero-order chi connectivity index (χ0) is 13.1. The molecule has 0 spiro atoms. The highest BCUT2D eigenvalue weighted by Crippen LogP contribution is 2.32. The number of nitrogens with one attached hydrogen (secondary N) is 1. The minimum absolute atomic E-state index is 0.795. The van der Waals surface area contributed by atoms with Gasteiger partial charge in [-0.3, -0.25) is 4.98 Å². The van der Waals surface area contributed by atoms with Crippen molar-refractivity contribution in [1.82, 2.24) is 10.3 Å². The van der Waals surface area contributed by atoms with Crippen LogP contribution in [0.3, 0.4) is 0 Å². The van der Waals surface area contributed by atoms with Gasteiger partial charge in [-0.15, -0.1) is 0 Å². The van der Waals surface area contributed by atoms with Crippen molar-refractivity contribution in [2.45, 2.75) is 19.5 Å². The Labute approximate surface area is 121 Å². The predicted molar refractivity (Wildman–Crippen MR) is 78.1 cm³/mol. The molecule has 0 unspecified atom stereocenters. The number of halogens is 1. The van der Waals surface area contributed by atoms with Crippen LogP contribution in [0.2, 0.25) is 0 Å². The Bertz CT molecular complexity index is 572. The van der Waals surface area contributed by atoms with E-state index in [0.717, 1.165) is 36.3 Å². The number of ether oxygens (including phenoxy) is 1. The highest BCUT2D eigenvalue weighted by molar-refractivity contribution is 9.10. The van der Waals surface area contributed by atoms with Crippen LogP contribution >= 0.6 is 15.9 Å². The van der Waals surface area contributed by atoms with E-state index in [9.17, 15) is 0 Å². The Balaban J connectivity index is 1.67. The van der Waals surface area contributed by atoms with Crippen molar-refractivity contribution in [3.8, 4) is 5.75 Å². The van der Waals surface area contributed by atoms with Gasteiger partial charge in [0.1, 0.15) is 5.75 Å². The summed E-state index contributed by atoms with van der Waals surface area (Å²) < 4.78 is 6.84. The topological polar surface area (TPSA) is 34.2 Å².